The highest BCUT2D eigenvalue weighted by atomic mass is 35.5. The molecule has 20 bridgehead atoms. The maximum atomic E-state index is 14.0. The van der Waals surface area contributed by atoms with Crippen LogP contribution in [0.25, 0.3) is 0 Å². The van der Waals surface area contributed by atoms with E-state index in [1.54, 1.807) is 0 Å². The van der Waals surface area contributed by atoms with Crippen molar-refractivity contribution in [2.24, 2.45) is 92.2 Å². The minimum Gasteiger partial charge on any atom is -0.379 e. The molecule has 16 nitrogen and oxygen atoms in total. The fourth-order valence-electron chi connectivity index (χ4n) is 39.1. The van der Waals surface area contributed by atoms with E-state index in [4.69, 9.17) is 21.1 Å². The summed E-state index contributed by atoms with van der Waals surface area (Å²) in [6.45, 7) is 24.9. The summed E-state index contributed by atoms with van der Waals surface area (Å²) in [5.41, 5.74) is 9.58. The highest BCUT2D eigenvalue weighted by Crippen LogP contribution is 2.73. The van der Waals surface area contributed by atoms with Gasteiger partial charge in [-0.25, -0.2) is 0 Å². The number of para-hydroxylation sites is 1. The lowest BCUT2D eigenvalue weighted by atomic mass is 9.42. The molecular weight excluding hydrogens is 1890 g/mol. The van der Waals surface area contributed by atoms with Gasteiger partial charge in [0.1, 0.15) is 23.1 Å². The molecule has 5 aliphatic heterocycles. The van der Waals surface area contributed by atoms with Gasteiger partial charge in [-0.2, -0.15) is 0 Å². The number of nitrogens with one attached hydrogen (secondary N) is 1. The second kappa shape index (κ2) is 43.1. The van der Waals surface area contributed by atoms with E-state index < -0.39 is 0 Å². The van der Waals surface area contributed by atoms with E-state index in [0.29, 0.717) is 65.3 Å². The third kappa shape index (κ3) is 21.4. The number of morpholine rings is 2. The molecular formula is C132H173ClN8O8S. The highest BCUT2D eigenvalue weighted by Gasteiger charge is 2.67. The van der Waals surface area contributed by atoms with E-state index >= 15 is 0 Å². The van der Waals surface area contributed by atoms with Crippen molar-refractivity contribution in [3.05, 3.63) is 231 Å². The van der Waals surface area contributed by atoms with Gasteiger partial charge in [-0.15, -0.1) is 11.3 Å². The number of hydrogen-bond acceptors (Lipinski definition) is 15. The van der Waals surface area contributed by atoms with Crippen LogP contribution in [0.3, 0.4) is 0 Å². The predicted molar refractivity (Wildman–Crippen MR) is 600 cm³/mol. The molecule has 0 spiro atoms. The number of carbonyl (C=O) groups is 6. The maximum absolute atomic E-state index is 14.0. The summed E-state index contributed by atoms with van der Waals surface area (Å²) in [7, 11) is 0. The largest absolute Gasteiger partial charge is 0.379 e. The highest BCUT2D eigenvalue weighted by molar-refractivity contribution is 7.10. The van der Waals surface area contributed by atoms with Crippen molar-refractivity contribution in [3.8, 4) is 0 Å². The number of anilines is 1. The van der Waals surface area contributed by atoms with Gasteiger partial charge in [0.15, 0.2) is 0 Å². The molecule has 0 radical (unpaired) electrons. The molecule has 802 valence electrons. The van der Waals surface area contributed by atoms with Crippen LogP contribution in [0.2, 0.25) is 5.02 Å². The number of halogens is 1. The molecule has 1 N–H and O–H groups in total. The van der Waals surface area contributed by atoms with Gasteiger partial charge in [0.2, 0.25) is 11.8 Å². The van der Waals surface area contributed by atoms with E-state index in [1.807, 2.05) is 23.5 Å². The van der Waals surface area contributed by atoms with Crippen molar-refractivity contribution in [3.63, 3.8) is 0 Å². The molecule has 26 aliphatic rings. The van der Waals surface area contributed by atoms with E-state index in [-0.39, 0.29) is 59.7 Å². The predicted octanol–water partition coefficient (Wildman–Crippen LogP) is 24.3. The zero-order chi connectivity index (χ0) is 102. The molecule has 7 aromatic rings. The fraction of sp³-hybridized carbons (Fsp3) is 0.652. The van der Waals surface area contributed by atoms with E-state index in [2.05, 4.69) is 235 Å². The van der Waals surface area contributed by atoms with Crippen LogP contribution in [0.5, 0.6) is 0 Å². The zero-order valence-electron chi connectivity index (χ0n) is 90.7. The maximum Gasteiger partial charge on any atom is 0.228 e. The average Bonchev–Trinajstić information content (AvgIpc) is 1.20. The first-order valence-corrected chi connectivity index (χ1v) is 61.4. The van der Waals surface area contributed by atoms with Crippen LogP contribution in [0, 0.1) is 92.2 Å². The standard InChI is InChI=1S/C28H35NO2S.C27H36N2O2.C27H32N2O.C26H37NO2.C24H33ClN2O/c30-26(9-8-24(25-7-4-14-32-25)29-10-12-31-13-11-29)28-18-21-15-22(19-28)17-27(16-21,20-28)23-5-2-1-3-6-23;30-24(13-20-6-7-20)18-28-8-10-29(11-9-28)25(31)27-16-21-12-22(17-27)15-26(14-21,19-27)23-4-2-1-3-5-23;30-25(29-13-11-28(12-14-29)24-9-5-2-6-10-24)27-18-21-15-22(19-27)17-26(16-21,20-27)23-7-3-1-4-8-23;1-24(2,27-10-12-29-13-11-27)9-8-23(28)26-17-20-14-21(18-26)16-25(15-20,19-26)22-6-4-3-5-7-22;25-21-5-3-20(4-6-21)23-13-18-12-19(14-23)16-24(15-18,17-23)22(28)2-1-9-27-10-7-26-8-11-27/h1-7,14,21-22,24H,8-13,15-20H2;1-5,20-22H,6-19H2;1-10,21-22H,11-20H2;3-7,20-21H,8-19H2,1-2H3;3-6,18-19,26H,1-2,7-17H2. The number of piperazine rings is 3. The lowest BCUT2D eigenvalue weighted by Gasteiger charge is -2.62. The van der Waals surface area contributed by atoms with Gasteiger partial charge in [-0.05, 0) is 401 Å². The normalized spacial score (nSPS) is 36.3. The smallest absolute Gasteiger partial charge is 0.228 e. The number of nitrogens with zero attached hydrogens (tertiary/aromatic N) is 7. The second-order valence-corrected chi connectivity index (χ2v) is 56.0. The Morgan fingerprint density at radius 3 is 1.13 bits per heavy atom. The van der Waals surface area contributed by atoms with Crippen molar-refractivity contribution in [1.82, 2.24) is 34.7 Å². The first-order chi connectivity index (χ1) is 72.8. The zero-order valence-corrected chi connectivity index (χ0v) is 92.3. The number of hydrogen-bond donors (Lipinski definition) is 1. The summed E-state index contributed by atoms with van der Waals surface area (Å²) < 4.78 is 11.1. The van der Waals surface area contributed by atoms with Crippen LogP contribution < -0.4 is 10.2 Å². The van der Waals surface area contributed by atoms with Crippen molar-refractivity contribution in [2.75, 3.05) is 149 Å². The third-order valence-corrected chi connectivity index (χ3v) is 45.1. The molecule has 5 saturated heterocycles. The van der Waals surface area contributed by atoms with Crippen LogP contribution >= 0.6 is 22.9 Å². The van der Waals surface area contributed by atoms with Gasteiger partial charge in [0.25, 0.3) is 0 Å². The van der Waals surface area contributed by atoms with E-state index in [9.17, 15) is 28.8 Å². The lowest BCUT2D eigenvalue weighted by molar-refractivity contribution is -0.162. The Morgan fingerprint density at radius 2 is 0.740 bits per heavy atom. The van der Waals surface area contributed by atoms with Gasteiger partial charge in [-0.1, -0.05) is 169 Å². The van der Waals surface area contributed by atoms with E-state index in [0.717, 1.165) is 331 Å². The summed E-state index contributed by atoms with van der Waals surface area (Å²) in [5, 5.41) is 6.40. The Balaban J connectivity index is 0.0000000998. The molecule has 6 heterocycles. The van der Waals surface area contributed by atoms with Crippen molar-refractivity contribution in [1.29, 1.82) is 0 Å². The van der Waals surface area contributed by atoms with Crippen LogP contribution in [0.4, 0.5) is 5.69 Å². The van der Waals surface area contributed by atoms with Crippen LogP contribution in [-0.2, 0) is 65.3 Å². The summed E-state index contributed by atoms with van der Waals surface area (Å²) in [6.07, 6.45) is 45.0. The summed E-state index contributed by atoms with van der Waals surface area (Å²) in [6, 6.07) is 68.5. The van der Waals surface area contributed by atoms with E-state index in [1.165, 1.54) is 148 Å². The summed E-state index contributed by atoms with van der Waals surface area (Å²) >= 11 is 7.99. The lowest BCUT2D eigenvalue weighted by Crippen LogP contribution is -2.61. The Bertz CT molecular complexity index is 5760. The monoisotopic (exact) mass is 2070 g/mol. The van der Waals surface area contributed by atoms with Crippen LogP contribution in [0.15, 0.2) is 193 Å². The second-order valence-electron chi connectivity index (χ2n) is 54.5. The topological polar surface area (TPSA) is 156 Å². The number of ether oxygens (including phenoxy) is 2. The van der Waals surface area contributed by atoms with Gasteiger partial charge >= 0.3 is 0 Å². The van der Waals surface area contributed by atoms with Gasteiger partial charge < -0.3 is 34.4 Å². The van der Waals surface area contributed by atoms with Crippen molar-refractivity contribution in [2.45, 2.75) is 303 Å². The molecule has 11 atom stereocenters. The Kier molecular flexibility index (Phi) is 29.9. The molecule has 1 aromatic heterocycles. The first kappa shape index (κ1) is 104. The first-order valence-electron chi connectivity index (χ1n) is 60.2. The number of ketones is 4. The van der Waals surface area contributed by atoms with Gasteiger partial charge in [0, 0.05) is 174 Å². The summed E-state index contributed by atoms with van der Waals surface area (Å²) in [4.78, 5) is 99.5. The number of benzene rings is 6. The third-order valence-electron chi connectivity index (χ3n) is 43.9. The number of carbonyl (C=O) groups excluding carboxylic acids is 6. The van der Waals surface area contributed by atoms with Crippen LogP contribution in [-0.4, -0.2) is 214 Å². The molecule has 18 heteroatoms. The quantitative estimate of drug-likeness (QED) is 0.0494. The molecule has 33 rings (SSSR count). The van der Waals surface area contributed by atoms with Gasteiger partial charge in [-0.3, -0.25) is 43.5 Å². The van der Waals surface area contributed by atoms with Gasteiger partial charge in [0.05, 0.1) is 43.8 Å². The minimum atomic E-state index is -0.135. The van der Waals surface area contributed by atoms with Crippen molar-refractivity contribution >= 4 is 63.6 Å². The Morgan fingerprint density at radius 1 is 0.380 bits per heavy atom. The molecule has 21 aliphatic carbocycles. The number of Topliss-reactive ketones (excluding diaryl/α,β-unsaturated/α-hetero) is 4. The van der Waals surface area contributed by atoms with Crippen molar-refractivity contribution < 1.29 is 38.2 Å². The fourth-order valence-corrected chi connectivity index (χ4v) is 40.1. The summed E-state index contributed by atoms with van der Waals surface area (Å²) in [5.74, 6) is 11.1. The molecule has 6 aromatic carbocycles. The number of rotatable bonds is 28. The molecule has 21 saturated carbocycles. The molecule has 150 heavy (non-hydrogen) atoms. The SMILES string of the molecule is CC(C)(CCC(=O)C12CC3CC(C1)CC(c1ccccc1)(C3)C2)N1CCOCC1.O=C(CC1CC1)CN1CCN(C(=O)C23CC4CC(C2)CC(c2ccccc2)(C4)C3)CC1.O=C(CCC(c1cccs1)N1CCOCC1)C12CC3CC(C1)CC(c1ccccc1)(C3)C2.O=C(CCCN1CCNCC1)C12CC3CC(C1)CC(c1ccc(Cl)cc1)(C3)C2.O=C(N1CCN(c2ccccc2)CC1)C12CC3CC(C1)CC(c1ccccc1)(C3)C2. The Hall–Kier alpha value is -7.55. The number of amides is 2. The number of thiophene rings is 1. The average molecular weight is 2070 g/mol. The Labute approximate surface area is 905 Å². The molecule has 2 amide bonds. The minimum absolute atomic E-state index is 0.0346. The van der Waals surface area contributed by atoms with Crippen LogP contribution in [0.1, 0.15) is 303 Å². The molecule has 26 fully saturated rings. The molecule has 11 unspecified atom stereocenters.